The highest BCUT2D eigenvalue weighted by atomic mass is 32.1. The Morgan fingerprint density at radius 3 is 2.69 bits per heavy atom. The Labute approximate surface area is 211 Å². The molecule has 1 aliphatic rings. The Morgan fingerprint density at radius 2 is 2.09 bits per heavy atom. The number of nitrogens with zero attached hydrogens (tertiary/aromatic N) is 2. The standard InChI is InChI=1S/C24H27N5O4S2/c1-13-7-8-16(14(2)11-13)29(24(32)21-18(25)19(22(26)30)28-35-21)20(17-6-4-10-34-17)23(31)27-12-15-5-3-9-33-15/h4,6-8,10-11,15,20H,3,5,9,12,25H2,1-2H3,(H2,26,30)(H,27,31)/t15-,20-/m0/s1. The molecule has 0 bridgehead atoms. The van der Waals surface area contributed by atoms with Gasteiger partial charge in [0.2, 0.25) is 5.91 Å². The molecule has 3 heterocycles. The van der Waals surface area contributed by atoms with Crippen molar-refractivity contribution in [3.63, 3.8) is 0 Å². The van der Waals surface area contributed by atoms with Crippen molar-refractivity contribution in [1.29, 1.82) is 0 Å². The quantitative estimate of drug-likeness (QED) is 0.422. The monoisotopic (exact) mass is 513 g/mol. The van der Waals surface area contributed by atoms with Crippen molar-refractivity contribution in [2.24, 2.45) is 5.73 Å². The first-order chi connectivity index (χ1) is 16.8. The first kappa shape index (κ1) is 24.8. The Hall–Kier alpha value is -3.28. The number of amides is 3. The van der Waals surface area contributed by atoms with Crippen molar-refractivity contribution >= 4 is 52.0 Å². The fourth-order valence-corrected chi connectivity index (χ4v) is 5.67. The second-order valence-electron chi connectivity index (χ2n) is 8.40. The van der Waals surface area contributed by atoms with E-state index in [4.69, 9.17) is 16.2 Å². The Balaban J connectivity index is 1.79. The molecule has 1 fully saturated rings. The van der Waals surface area contributed by atoms with E-state index in [9.17, 15) is 14.4 Å². The normalized spacial score (nSPS) is 16.1. The van der Waals surface area contributed by atoms with Crippen LogP contribution in [0, 0.1) is 13.8 Å². The van der Waals surface area contributed by atoms with Crippen molar-refractivity contribution < 1.29 is 19.1 Å². The SMILES string of the molecule is Cc1ccc(N(C(=O)c2snc(C(N)=O)c2N)[C@H](C(=O)NC[C@@H]2CCCO2)c2cccs2)c(C)c1. The number of nitrogens with one attached hydrogen (secondary N) is 1. The van der Waals surface area contributed by atoms with Crippen LogP contribution in [0.25, 0.3) is 0 Å². The Kier molecular flexibility index (Phi) is 7.48. The zero-order chi connectivity index (χ0) is 25.1. The molecule has 1 aromatic carbocycles. The molecular formula is C24H27N5O4S2. The van der Waals surface area contributed by atoms with Gasteiger partial charge in [-0.25, -0.2) is 0 Å². The molecule has 0 radical (unpaired) electrons. The van der Waals surface area contributed by atoms with Gasteiger partial charge in [0.1, 0.15) is 4.88 Å². The van der Waals surface area contributed by atoms with Gasteiger partial charge in [0.25, 0.3) is 11.8 Å². The summed E-state index contributed by atoms with van der Waals surface area (Å²) in [6.45, 7) is 4.86. The van der Waals surface area contributed by atoms with Gasteiger partial charge >= 0.3 is 0 Å². The number of nitrogen functional groups attached to an aromatic ring is 1. The lowest BCUT2D eigenvalue weighted by atomic mass is 10.1. The first-order valence-electron chi connectivity index (χ1n) is 11.2. The number of nitrogens with two attached hydrogens (primary N) is 2. The highest BCUT2D eigenvalue weighted by Crippen LogP contribution is 2.36. The molecule has 11 heteroatoms. The molecular weight excluding hydrogens is 486 g/mol. The van der Waals surface area contributed by atoms with Crippen molar-refractivity contribution in [3.8, 4) is 0 Å². The minimum atomic E-state index is -0.969. The number of carbonyl (C=O) groups is 3. The molecule has 0 saturated carbocycles. The summed E-state index contributed by atoms with van der Waals surface area (Å²) in [5.41, 5.74) is 13.6. The highest BCUT2D eigenvalue weighted by Gasteiger charge is 2.37. The predicted molar refractivity (Wildman–Crippen MR) is 137 cm³/mol. The van der Waals surface area contributed by atoms with Gasteiger partial charge in [0, 0.05) is 23.7 Å². The van der Waals surface area contributed by atoms with E-state index in [1.165, 1.54) is 16.2 Å². The average Bonchev–Trinajstić information content (AvgIpc) is 3.58. The fourth-order valence-electron chi connectivity index (χ4n) is 4.12. The molecule has 0 aliphatic carbocycles. The second-order valence-corrected chi connectivity index (χ2v) is 10.2. The Bertz CT molecular complexity index is 1230. The summed E-state index contributed by atoms with van der Waals surface area (Å²) in [7, 11) is 0. The maximum Gasteiger partial charge on any atom is 0.273 e. The van der Waals surface area contributed by atoms with Gasteiger partial charge in [-0.15, -0.1) is 11.3 Å². The van der Waals surface area contributed by atoms with Gasteiger partial charge in [0.15, 0.2) is 11.7 Å². The summed E-state index contributed by atoms with van der Waals surface area (Å²) in [4.78, 5) is 41.5. The zero-order valence-electron chi connectivity index (χ0n) is 19.4. The van der Waals surface area contributed by atoms with Crippen LogP contribution in [0.3, 0.4) is 0 Å². The van der Waals surface area contributed by atoms with Crippen LogP contribution in [0.5, 0.6) is 0 Å². The number of rotatable bonds is 8. The summed E-state index contributed by atoms with van der Waals surface area (Å²) in [5.74, 6) is -1.69. The van der Waals surface area contributed by atoms with Crippen molar-refractivity contribution in [2.75, 3.05) is 23.8 Å². The van der Waals surface area contributed by atoms with E-state index in [0.717, 1.165) is 35.5 Å². The minimum Gasteiger partial charge on any atom is -0.395 e. The third-order valence-corrected chi connectivity index (χ3v) is 7.61. The number of thiophene rings is 1. The number of primary amides is 1. The predicted octanol–water partition coefficient (Wildman–Crippen LogP) is 3.19. The molecule has 184 valence electrons. The van der Waals surface area contributed by atoms with E-state index in [2.05, 4.69) is 9.69 Å². The fraction of sp³-hybridized carbons (Fsp3) is 0.333. The van der Waals surface area contributed by atoms with E-state index in [1.54, 1.807) is 0 Å². The van der Waals surface area contributed by atoms with Crippen LogP contribution in [0.1, 0.15) is 55.0 Å². The molecule has 9 nitrogen and oxygen atoms in total. The number of aryl methyl sites for hydroxylation is 2. The van der Waals surface area contributed by atoms with Gasteiger partial charge in [-0.05, 0) is 61.3 Å². The molecule has 3 amide bonds. The molecule has 2 aromatic heterocycles. The molecule has 1 aliphatic heterocycles. The molecule has 0 spiro atoms. The van der Waals surface area contributed by atoms with Crippen LogP contribution < -0.4 is 21.7 Å². The van der Waals surface area contributed by atoms with Crippen LogP contribution in [0.2, 0.25) is 0 Å². The number of aromatic nitrogens is 1. The summed E-state index contributed by atoms with van der Waals surface area (Å²) < 4.78 is 9.63. The van der Waals surface area contributed by atoms with Crippen molar-refractivity contribution in [2.45, 2.75) is 38.8 Å². The van der Waals surface area contributed by atoms with Gasteiger partial charge < -0.3 is 21.5 Å². The van der Waals surface area contributed by atoms with Crippen LogP contribution in [0.4, 0.5) is 11.4 Å². The Morgan fingerprint density at radius 1 is 1.29 bits per heavy atom. The average molecular weight is 514 g/mol. The van der Waals surface area contributed by atoms with E-state index < -0.39 is 17.9 Å². The molecule has 1 saturated heterocycles. The van der Waals surface area contributed by atoms with E-state index in [1.807, 2.05) is 49.6 Å². The summed E-state index contributed by atoms with van der Waals surface area (Å²) >= 11 is 2.16. The third kappa shape index (κ3) is 5.21. The third-order valence-electron chi connectivity index (χ3n) is 5.83. The lowest BCUT2D eigenvalue weighted by Crippen LogP contribution is -2.45. The summed E-state index contributed by atoms with van der Waals surface area (Å²) in [6.07, 6.45) is 1.77. The van der Waals surface area contributed by atoms with Crippen LogP contribution >= 0.6 is 22.9 Å². The second kappa shape index (κ2) is 10.5. The van der Waals surface area contributed by atoms with Gasteiger partial charge in [-0.1, -0.05) is 23.8 Å². The van der Waals surface area contributed by atoms with Crippen molar-refractivity contribution in [1.82, 2.24) is 9.69 Å². The lowest BCUT2D eigenvalue weighted by molar-refractivity contribution is -0.122. The van der Waals surface area contributed by atoms with Crippen molar-refractivity contribution in [3.05, 3.63) is 62.3 Å². The number of hydrogen-bond donors (Lipinski definition) is 3. The number of hydrogen-bond acceptors (Lipinski definition) is 8. The van der Waals surface area contributed by atoms with Gasteiger partial charge in [0.05, 0.1) is 11.8 Å². The molecule has 0 unspecified atom stereocenters. The highest BCUT2D eigenvalue weighted by molar-refractivity contribution is 7.10. The number of carbonyl (C=O) groups excluding carboxylic acids is 3. The zero-order valence-corrected chi connectivity index (χ0v) is 21.1. The van der Waals surface area contributed by atoms with Crippen LogP contribution in [-0.2, 0) is 9.53 Å². The van der Waals surface area contributed by atoms with Crippen LogP contribution in [0.15, 0.2) is 35.7 Å². The smallest absolute Gasteiger partial charge is 0.273 e. The van der Waals surface area contributed by atoms with E-state index in [0.29, 0.717) is 23.7 Å². The molecule has 2 atom stereocenters. The minimum absolute atomic E-state index is 0.0484. The van der Waals surface area contributed by atoms with Crippen LogP contribution in [-0.4, -0.2) is 41.4 Å². The van der Waals surface area contributed by atoms with E-state index >= 15 is 0 Å². The first-order valence-corrected chi connectivity index (χ1v) is 12.8. The largest absolute Gasteiger partial charge is 0.395 e. The lowest BCUT2D eigenvalue weighted by Gasteiger charge is -2.32. The topological polar surface area (TPSA) is 141 Å². The van der Waals surface area contributed by atoms with Gasteiger partial charge in [-0.3, -0.25) is 19.3 Å². The summed E-state index contributed by atoms with van der Waals surface area (Å²) in [5, 5.41) is 4.82. The molecule has 5 N–H and O–H groups in total. The molecule has 35 heavy (non-hydrogen) atoms. The van der Waals surface area contributed by atoms with Gasteiger partial charge in [-0.2, -0.15) is 4.37 Å². The molecule has 4 rings (SSSR count). The number of ether oxygens (including phenoxy) is 1. The summed E-state index contributed by atoms with van der Waals surface area (Å²) in [6, 6.07) is 8.30. The maximum absolute atomic E-state index is 14.0. The number of benzene rings is 1. The maximum atomic E-state index is 14.0. The van der Waals surface area contributed by atoms with E-state index in [-0.39, 0.29) is 28.3 Å². The molecule has 3 aromatic rings. The number of anilines is 2.